The van der Waals surface area contributed by atoms with Crippen molar-refractivity contribution in [3.63, 3.8) is 0 Å². The lowest BCUT2D eigenvalue weighted by Gasteiger charge is -2.28. The topological polar surface area (TPSA) is 71.2 Å². The minimum absolute atomic E-state index is 0.282. The van der Waals surface area contributed by atoms with E-state index in [-0.39, 0.29) is 12.2 Å². The van der Waals surface area contributed by atoms with E-state index in [1.54, 1.807) is 11.6 Å². The molecule has 3 heterocycles. The van der Waals surface area contributed by atoms with Crippen molar-refractivity contribution in [2.24, 2.45) is 0 Å². The van der Waals surface area contributed by atoms with Gasteiger partial charge in [0.05, 0.1) is 23.8 Å². The summed E-state index contributed by atoms with van der Waals surface area (Å²) in [6.45, 7) is 2.05. The first-order chi connectivity index (χ1) is 13.3. The molecule has 134 valence electrons. The Morgan fingerprint density at radius 1 is 1.15 bits per heavy atom. The zero-order valence-corrected chi connectivity index (χ0v) is 14.6. The van der Waals surface area contributed by atoms with Crippen molar-refractivity contribution in [1.82, 2.24) is 19.3 Å². The summed E-state index contributed by atoms with van der Waals surface area (Å²) in [5.41, 5.74) is 3.00. The number of esters is 1. The van der Waals surface area contributed by atoms with Crippen molar-refractivity contribution >= 4 is 17.0 Å². The Morgan fingerprint density at radius 3 is 2.74 bits per heavy atom. The normalized spacial score (nSPS) is 15.1. The number of hydrogen-bond donors (Lipinski definition) is 0. The fraction of sp³-hybridized carbons (Fsp3) is 0.150. The van der Waals surface area contributed by atoms with Gasteiger partial charge in [0.25, 0.3) is 0 Å². The van der Waals surface area contributed by atoms with Gasteiger partial charge in [0.2, 0.25) is 18.1 Å². The Hall–Kier alpha value is -3.61. The van der Waals surface area contributed by atoms with Crippen molar-refractivity contribution in [2.45, 2.75) is 13.2 Å². The van der Waals surface area contributed by atoms with Crippen molar-refractivity contribution in [3.8, 4) is 11.8 Å². The molecule has 0 saturated carbocycles. The number of benzene rings is 2. The predicted octanol–water partition coefficient (Wildman–Crippen LogP) is 3.34. The molecule has 0 amide bonds. The van der Waals surface area contributed by atoms with Crippen LogP contribution in [-0.4, -0.2) is 31.9 Å². The van der Waals surface area contributed by atoms with Gasteiger partial charge in [-0.05, 0) is 19.1 Å². The van der Waals surface area contributed by atoms with Gasteiger partial charge >= 0.3 is 5.97 Å². The quantitative estimate of drug-likeness (QED) is 0.524. The molecule has 1 aliphatic rings. The Labute approximate surface area is 154 Å². The summed E-state index contributed by atoms with van der Waals surface area (Å²) < 4.78 is 14.9. The molecule has 7 nitrogen and oxygen atoms in total. The summed E-state index contributed by atoms with van der Waals surface area (Å²) >= 11 is 0. The lowest BCUT2D eigenvalue weighted by Crippen LogP contribution is -2.27. The second kappa shape index (κ2) is 5.98. The van der Waals surface area contributed by atoms with Crippen LogP contribution < -0.4 is 4.74 Å². The lowest BCUT2D eigenvalue weighted by molar-refractivity contribution is 0.0514. The summed E-state index contributed by atoms with van der Waals surface area (Å²) in [6, 6.07) is 17.7. The van der Waals surface area contributed by atoms with E-state index >= 15 is 0 Å². The second-order valence-electron chi connectivity index (χ2n) is 6.15. The number of hydrogen-bond acceptors (Lipinski definition) is 5. The van der Waals surface area contributed by atoms with Crippen LogP contribution >= 0.6 is 0 Å². The number of para-hydroxylation sites is 2. The molecule has 0 bridgehead atoms. The highest BCUT2D eigenvalue weighted by atomic mass is 16.5. The standard InChI is InChI=1S/C20H16N4O3/c1-2-26-19(25)14-12-21-24-18(14)27-17(13-8-4-3-5-9-13)23-16-11-7-6-10-15(16)22-20(23)24/h3-12,17H,2H2,1H3/t17-/m0/s1. The average molecular weight is 360 g/mol. The molecular formula is C20H16N4O3. The lowest BCUT2D eigenvalue weighted by atomic mass is 10.2. The SMILES string of the molecule is CCOC(=O)c1cnn2c1O[C@@H](c1ccccc1)n1c-2nc2ccccc21. The molecule has 2 aromatic carbocycles. The number of ether oxygens (including phenoxy) is 2. The molecule has 1 aliphatic heterocycles. The van der Waals surface area contributed by atoms with Crippen LogP contribution in [0.15, 0.2) is 60.8 Å². The zero-order valence-electron chi connectivity index (χ0n) is 14.6. The Bertz CT molecular complexity index is 1150. The molecule has 5 rings (SSSR count). The van der Waals surface area contributed by atoms with Crippen LogP contribution in [0.3, 0.4) is 0 Å². The molecule has 7 heteroatoms. The highest BCUT2D eigenvalue weighted by Crippen LogP contribution is 2.37. The average Bonchev–Trinajstić information content (AvgIpc) is 3.29. The van der Waals surface area contributed by atoms with Crippen LogP contribution in [0.4, 0.5) is 0 Å². The van der Waals surface area contributed by atoms with E-state index in [0.29, 0.717) is 11.8 Å². The van der Waals surface area contributed by atoms with Gasteiger partial charge in [-0.25, -0.2) is 9.78 Å². The summed E-state index contributed by atoms with van der Waals surface area (Å²) in [5.74, 6) is 0.474. The molecule has 0 spiro atoms. The van der Waals surface area contributed by atoms with Gasteiger partial charge < -0.3 is 9.47 Å². The minimum Gasteiger partial charge on any atom is -0.462 e. The van der Waals surface area contributed by atoms with Gasteiger partial charge in [-0.1, -0.05) is 42.5 Å². The Kier molecular flexibility index (Phi) is 3.46. The molecule has 2 aromatic heterocycles. The summed E-state index contributed by atoms with van der Waals surface area (Å²) in [4.78, 5) is 17.0. The van der Waals surface area contributed by atoms with Crippen molar-refractivity contribution in [1.29, 1.82) is 0 Å². The number of rotatable bonds is 3. The number of carbonyl (C=O) groups is 1. The maximum Gasteiger partial charge on any atom is 0.345 e. The summed E-state index contributed by atoms with van der Waals surface area (Å²) in [7, 11) is 0. The van der Waals surface area contributed by atoms with Gasteiger partial charge in [0.1, 0.15) is 5.56 Å². The first kappa shape index (κ1) is 15.6. The fourth-order valence-electron chi connectivity index (χ4n) is 3.35. The van der Waals surface area contributed by atoms with Gasteiger partial charge in [-0.2, -0.15) is 9.78 Å². The van der Waals surface area contributed by atoms with E-state index in [0.717, 1.165) is 16.6 Å². The van der Waals surface area contributed by atoms with Gasteiger partial charge in [-0.3, -0.25) is 4.57 Å². The van der Waals surface area contributed by atoms with Crippen LogP contribution in [0.5, 0.6) is 5.88 Å². The van der Waals surface area contributed by atoms with E-state index < -0.39 is 12.2 Å². The third-order valence-corrected chi connectivity index (χ3v) is 4.53. The molecule has 0 saturated heterocycles. The molecule has 27 heavy (non-hydrogen) atoms. The van der Waals surface area contributed by atoms with Crippen LogP contribution in [0.2, 0.25) is 0 Å². The van der Waals surface area contributed by atoms with E-state index in [4.69, 9.17) is 14.5 Å². The van der Waals surface area contributed by atoms with Crippen LogP contribution in [0, 0.1) is 0 Å². The summed E-state index contributed by atoms with van der Waals surface area (Å²) in [5, 5.41) is 4.33. The van der Waals surface area contributed by atoms with Gasteiger partial charge in [0, 0.05) is 5.56 Å². The Balaban J connectivity index is 1.76. The van der Waals surface area contributed by atoms with Crippen LogP contribution in [0.25, 0.3) is 17.0 Å². The largest absolute Gasteiger partial charge is 0.462 e. The van der Waals surface area contributed by atoms with Crippen molar-refractivity contribution < 1.29 is 14.3 Å². The third-order valence-electron chi connectivity index (χ3n) is 4.53. The third kappa shape index (κ3) is 2.32. The minimum atomic E-state index is -0.467. The number of carbonyl (C=O) groups excluding carboxylic acids is 1. The molecule has 4 aromatic rings. The molecule has 1 atom stereocenters. The van der Waals surface area contributed by atoms with Gasteiger partial charge in [0.15, 0.2) is 0 Å². The summed E-state index contributed by atoms with van der Waals surface area (Å²) in [6.07, 6.45) is 0.996. The Morgan fingerprint density at radius 2 is 1.93 bits per heavy atom. The molecule has 0 aliphatic carbocycles. The van der Waals surface area contributed by atoms with Gasteiger partial charge in [-0.15, -0.1) is 0 Å². The van der Waals surface area contributed by atoms with E-state index in [1.165, 1.54) is 6.20 Å². The van der Waals surface area contributed by atoms with Crippen molar-refractivity contribution in [3.05, 3.63) is 71.9 Å². The zero-order chi connectivity index (χ0) is 18.4. The number of nitrogens with zero attached hydrogens (tertiary/aromatic N) is 4. The first-order valence-corrected chi connectivity index (χ1v) is 8.72. The molecule has 0 N–H and O–H groups in total. The molecule has 0 unspecified atom stereocenters. The van der Waals surface area contributed by atoms with E-state index in [2.05, 4.69) is 5.10 Å². The highest BCUT2D eigenvalue weighted by Gasteiger charge is 2.34. The number of fused-ring (bicyclic) bond motifs is 5. The highest BCUT2D eigenvalue weighted by molar-refractivity contribution is 5.92. The number of imidazole rings is 1. The monoisotopic (exact) mass is 360 g/mol. The maximum absolute atomic E-state index is 12.3. The predicted molar refractivity (Wildman–Crippen MR) is 98.0 cm³/mol. The maximum atomic E-state index is 12.3. The smallest absolute Gasteiger partial charge is 0.345 e. The van der Waals surface area contributed by atoms with Crippen LogP contribution in [-0.2, 0) is 4.74 Å². The van der Waals surface area contributed by atoms with E-state index in [9.17, 15) is 4.79 Å². The fourth-order valence-corrected chi connectivity index (χ4v) is 3.35. The number of aromatic nitrogens is 4. The second-order valence-corrected chi connectivity index (χ2v) is 6.15. The van der Waals surface area contributed by atoms with Crippen molar-refractivity contribution in [2.75, 3.05) is 6.61 Å². The molecule has 0 fully saturated rings. The first-order valence-electron chi connectivity index (χ1n) is 8.72. The van der Waals surface area contributed by atoms with Crippen LogP contribution in [0.1, 0.15) is 29.1 Å². The molecule has 0 radical (unpaired) electrons. The van der Waals surface area contributed by atoms with E-state index in [1.807, 2.05) is 59.2 Å². The molecular weight excluding hydrogens is 344 g/mol.